The molecule has 2 amide bonds. The van der Waals surface area contributed by atoms with Crippen molar-refractivity contribution >= 4 is 39.5 Å². The number of rotatable bonds is 8. The first-order valence-corrected chi connectivity index (χ1v) is 9.46. The van der Waals surface area contributed by atoms with Crippen molar-refractivity contribution < 1.29 is 19.1 Å². The number of hydrogen-bond acceptors (Lipinski definition) is 4. The summed E-state index contributed by atoms with van der Waals surface area (Å²) < 4.78 is 11.3. The van der Waals surface area contributed by atoms with Crippen LogP contribution in [0.15, 0.2) is 46.9 Å². The van der Waals surface area contributed by atoms with Crippen LogP contribution in [0.3, 0.4) is 0 Å². The highest BCUT2D eigenvalue weighted by Crippen LogP contribution is 2.25. The van der Waals surface area contributed by atoms with E-state index in [0.29, 0.717) is 11.5 Å². The minimum absolute atomic E-state index is 0.165. The van der Waals surface area contributed by atoms with Gasteiger partial charge < -0.3 is 20.1 Å². The van der Waals surface area contributed by atoms with Crippen molar-refractivity contribution in [3.8, 4) is 11.5 Å². The maximum absolute atomic E-state index is 12.1. The smallest absolute Gasteiger partial charge is 0.244 e. The Kier molecular flexibility index (Phi) is 8.07. The van der Waals surface area contributed by atoms with E-state index < -0.39 is 0 Å². The Morgan fingerprint density at radius 3 is 2.61 bits per heavy atom. The normalized spacial score (nSPS) is 10.6. The van der Waals surface area contributed by atoms with Gasteiger partial charge in [-0.15, -0.1) is 0 Å². The maximum Gasteiger partial charge on any atom is 0.244 e. The van der Waals surface area contributed by atoms with Crippen LogP contribution < -0.4 is 20.1 Å². The van der Waals surface area contributed by atoms with E-state index in [4.69, 9.17) is 9.47 Å². The number of halogens is 1. The largest absolute Gasteiger partial charge is 0.497 e. The van der Waals surface area contributed by atoms with Gasteiger partial charge in [0.1, 0.15) is 11.5 Å². The molecule has 0 bridgehead atoms. The van der Waals surface area contributed by atoms with Crippen LogP contribution >= 0.6 is 15.9 Å². The van der Waals surface area contributed by atoms with Gasteiger partial charge in [0.15, 0.2) is 0 Å². The van der Waals surface area contributed by atoms with Crippen molar-refractivity contribution in [2.75, 3.05) is 26.1 Å². The number of carbonyl (C=O) groups excluding carboxylic acids is 2. The SMILES string of the molecule is COc1ccc(/C=C/C(=O)NCCC(=O)Nc2cc(Br)ccc2C)c(OC)c1. The van der Waals surface area contributed by atoms with E-state index >= 15 is 0 Å². The van der Waals surface area contributed by atoms with Gasteiger partial charge in [0.25, 0.3) is 0 Å². The molecule has 6 nitrogen and oxygen atoms in total. The van der Waals surface area contributed by atoms with Gasteiger partial charge in [-0.25, -0.2) is 0 Å². The number of anilines is 1. The highest BCUT2D eigenvalue weighted by Gasteiger charge is 2.07. The van der Waals surface area contributed by atoms with E-state index in [1.165, 1.54) is 6.08 Å². The van der Waals surface area contributed by atoms with E-state index in [-0.39, 0.29) is 24.8 Å². The van der Waals surface area contributed by atoms with E-state index in [9.17, 15) is 9.59 Å². The van der Waals surface area contributed by atoms with Crippen LogP contribution in [-0.2, 0) is 9.59 Å². The summed E-state index contributed by atoms with van der Waals surface area (Å²) in [6.45, 7) is 2.16. The Balaban J connectivity index is 1.83. The highest BCUT2D eigenvalue weighted by atomic mass is 79.9. The second-order valence-corrected chi connectivity index (χ2v) is 6.91. The van der Waals surface area contributed by atoms with Crippen LogP contribution in [0.4, 0.5) is 5.69 Å². The third kappa shape index (κ3) is 6.42. The maximum atomic E-state index is 12.1. The number of nitrogens with one attached hydrogen (secondary N) is 2. The Hall–Kier alpha value is -2.80. The predicted molar refractivity (Wildman–Crippen MR) is 114 cm³/mol. The number of carbonyl (C=O) groups is 2. The Morgan fingerprint density at radius 1 is 1.11 bits per heavy atom. The zero-order chi connectivity index (χ0) is 20.5. The van der Waals surface area contributed by atoms with E-state index in [0.717, 1.165) is 21.3 Å². The van der Waals surface area contributed by atoms with Gasteiger partial charge in [-0.2, -0.15) is 0 Å². The average molecular weight is 447 g/mol. The topological polar surface area (TPSA) is 76.7 Å². The van der Waals surface area contributed by atoms with Crippen LogP contribution in [0.25, 0.3) is 6.08 Å². The fourth-order valence-corrected chi connectivity index (χ4v) is 2.78. The molecule has 7 heteroatoms. The summed E-state index contributed by atoms with van der Waals surface area (Å²) in [5.74, 6) is 0.823. The summed E-state index contributed by atoms with van der Waals surface area (Å²) in [6.07, 6.45) is 3.23. The molecular weight excluding hydrogens is 424 g/mol. The lowest BCUT2D eigenvalue weighted by Crippen LogP contribution is -2.26. The van der Waals surface area contributed by atoms with Crippen LogP contribution in [0, 0.1) is 6.92 Å². The molecular formula is C21H23BrN2O4. The molecule has 0 atom stereocenters. The van der Waals surface area contributed by atoms with Gasteiger partial charge in [-0.3, -0.25) is 9.59 Å². The molecule has 0 aliphatic rings. The number of amides is 2. The lowest BCUT2D eigenvalue weighted by atomic mass is 10.1. The monoisotopic (exact) mass is 446 g/mol. The molecule has 0 heterocycles. The van der Waals surface area contributed by atoms with Gasteiger partial charge in [-0.1, -0.05) is 22.0 Å². The van der Waals surface area contributed by atoms with Crippen LogP contribution in [0.5, 0.6) is 11.5 Å². The summed E-state index contributed by atoms with van der Waals surface area (Å²) in [4.78, 5) is 24.0. The second kappa shape index (κ2) is 10.5. The number of benzene rings is 2. The van der Waals surface area contributed by atoms with Crippen LogP contribution in [0.2, 0.25) is 0 Å². The summed E-state index contributed by atoms with van der Waals surface area (Å²) >= 11 is 3.38. The van der Waals surface area contributed by atoms with Crippen molar-refractivity contribution in [3.63, 3.8) is 0 Å². The molecule has 0 aliphatic heterocycles. The molecule has 2 aromatic rings. The van der Waals surface area contributed by atoms with Gasteiger partial charge in [0.2, 0.25) is 11.8 Å². The van der Waals surface area contributed by atoms with Crippen molar-refractivity contribution in [2.45, 2.75) is 13.3 Å². The molecule has 2 N–H and O–H groups in total. The summed E-state index contributed by atoms with van der Waals surface area (Å²) in [5.41, 5.74) is 2.47. The second-order valence-electron chi connectivity index (χ2n) is 5.99. The van der Waals surface area contributed by atoms with E-state index in [1.54, 1.807) is 38.5 Å². The minimum Gasteiger partial charge on any atom is -0.497 e. The molecule has 148 valence electrons. The fraction of sp³-hybridized carbons (Fsp3) is 0.238. The average Bonchev–Trinajstić information content (AvgIpc) is 2.69. The quantitative estimate of drug-likeness (QED) is 0.602. The summed E-state index contributed by atoms with van der Waals surface area (Å²) in [7, 11) is 3.13. The van der Waals surface area contributed by atoms with Gasteiger partial charge in [-0.05, 0) is 42.8 Å². The zero-order valence-electron chi connectivity index (χ0n) is 16.0. The molecule has 0 fully saturated rings. The third-order valence-electron chi connectivity index (χ3n) is 3.98. The lowest BCUT2D eigenvalue weighted by Gasteiger charge is -2.09. The standard InChI is InChI=1S/C21H23BrN2O4/c1-14-4-7-16(22)12-18(14)24-21(26)10-11-23-20(25)9-6-15-5-8-17(27-2)13-19(15)28-3/h4-9,12-13H,10-11H2,1-3H3,(H,23,25)(H,24,26)/b9-6+. The molecule has 0 unspecified atom stereocenters. The molecule has 0 radical (unpaired) electrons. The fourth-order valence-electron chi connectivity index (χ4n) is 2.42. The third-order valence-corrected chi connectivity index (χ3v) is 4.47. The molecule has 2 aromatic carbocycles. The Labute approximate surface area is 173 Å². The molecule has 0 saturated carbocycles. The van der Waals surface area contributed by atoms with Crippen molar-refractivity contribution in [1.29, 1.82) is 0 Å². The number of aryl methyl sites for hydroxylation is 1. The van der Waals surface area contributed by atoms with Crippen molar-refractivity contribution in [3.05, 3.63) is 58.1 Å². The highest BCUT2D eigenvalue weighted by molar-refractivity contribution is 9.10. The first-order valence-electron chi connectivity index (χ1n) is 8.67. The molecule has 0 saturated heterocycles. The van der Waals surface area contributed by atoms with Crippen LogP contribution in [0.1, 0.15) is 17.5 Å². The predicted octanol–water partition coefficient (Wildman–Crippen LogP) is 3.93. The van der Waals surface area contributed by atoms with Crippen molar-refractivity contribution in [2.24, 2.45) is 0 Å². The van der Waals surface area contributed by atoms with Crippen molar-refractivity contribution in [1.82, 2.24) is 5.32 Å². The summed E-state index contributed by atoms with van der Waals surface area (Å²) in [5, 5.41) is 5.54. The molecule has 2 rings (SSSR count). The molecule has 0 aliphatic carbocycles. The minimum atomic E-state index is -0.288. The van der Waals surface area contributed by atoms with Crippen LogP contribution in [-0.4, -0.2) is 32.6 Å². The number of ether oxygens (including phenoxy) is 2. The van der Waals surface area contributed by atoms with Gasteiger partial charge in [0.05, 0.1) is 14.2 Å². The Morgan fingerprint density at radius 2 is 1.89 bits per heavy atom. The Bertz CT molecular complexity index is 881. The molecule has 0 spiro atoms. The molecule has 28 heavy (non-hydrogen) atoms. The number of hydrogen-bond donors (Lipinski definition) is 2. The first-order chi connectivity index (χ1) is 13.4. The zero-order valence-corrected chi connectivity index (χ0v) is 17.6. The van der Waals surface area contributed by atoms with E-state index in [2.05, 4.69) is 26.6 Å². The lowest BCUT2D eigenvalue weighted by molar-refractivity contribution is -0.117. The van der Waals surface area contributed by atoms with Gasteiger partial charge >= 0.3 is 0 Å². The van der Waals surface area contributed by atoms with E-state index in [1.807, 2.05) is 25.1 Å². The first kappa shape index (κ1) is 21.5. The number of methoxy groups -OCH3 is 2. The van der Waals surface area contributed by atoms with Gasteiger partial charge in [0, 0.05) is 40.8 Å². The summed E-state index contributed by atoms with van der Waals surface area (Å²) in [6, 6.07) is 11.0. The molecule has 0 aromatic heterocycles.